The molecule has 1 aliphatic rings. The van der Waals surface area contributed by atoms with Crippen molar-refractivity contribution in [1.82, 2.24) is 5.32 Å². The van der Waals surface area contributed by atoms with E-state index in [0.717, 1.165) is 19.1 Å². The van der Waals surface area contributed by atoms with Gasteiger partial charge in [-0.25, -0.2) is 14.1 Å². The van der Waals surface area contributed by atoms with Crippen molar-refractivity contribution in [1.29, 1.82) is 0 Å². The number of hydrogen-bond donors (Lipinski definition) is 1. The van der Waals surface area contributed by atoms with Crippen molar-refractivity contribution in [3.8, 4) is 0 Å². The zero-order valence-corrected chi connectivity index (χ0v) is 12.6. The highest BCUT2D eigenvalue weighted by Gasteiger charge is 2.57. The summed E-state index contributed by atoms with van der Waals surface area (Å²) >= 11 is 0. The number of carbonyl (C=O) groups is 4. The molecule has 1 heterocycles. The lowest BCUT2D eigenvalue weighted by atomic mass is 9.76. The molecule has 1 unspecified atom stereocenters. The number of rotatable bonds is 4. The SMILES string of the molecule is CC=CCC1(C(C)=O)C(=O)NC(=O)N(c2ccc(F)cc2)C1=O. The van der Waals surface area contributed by atoms with E-state index in [-0.39, 0.29) is 12.1 Å². The minimum Gasteiger partial charge on any atom is -0.298 e. The van der Waals surface area contributed by atoms with Crippen molar-refractivity contribution in [2.75, 3.05) is 4.90 Å². The molecule has 0 radical (unpaired) electrons. The largest absolute Gasteiger partial charge is 0.335 e. The number of urea groups is 1. The molecule has 2 rings (SSSR count). The first-order valence-corrected chi connectivity index (χ1v) is 6.92. The predicted octanol–water partition coefficient (Wildman–Crippen LogP) is 1.95. The summed E-state index contributed by atoms with van der Waals surface area (Å²) in [6, 6.07) is 3.64. The van der Waals surface area contributed by atoms with Crippen molar-refractivity contribution < 1.29 is 23.6 Å². The molecule has 1 atom stereocenters. The number of allylic oxidation sites excluding steroid dienone is 2. The number of hydrogen-bond acceptors (Lipinski definition) is 4. The zero-order chi connectivity index (χ0) is 17.2. The van der Waals surface area contributed by atoms with Gasteiger partial charge in [0.05, 0.1) is 5.69 Å². The average Bonchev–Trinajstić information content (AvgIpc) is 2.49. The topological polar surface area (TPSA) is 83.6 Å². The second kappa shape index (κ2) is 6.12. The van der Waals surface area contributed by atoms with Crippen LogP contribution in [0.2, 0.25) is 0 Å². The van der Waals surface area contributed by atoms with Crippen LogP contribution in [0.15, 0.2) is 36.4 Å². The fourth-order valence-electron chi connectivity index (χ4n) is 2.39. The maximum atomic E-state index is 13.0. The lowest BCUT2D eigenvalue weighted by Crippen LogP contribution is -2.66. The molecule has 1 aliphatic heterocycles. The molecule has 1 fully saturated rings. The highest BCUT2D eigenvalue weighted by atomic mass is 19.1. The third-order valence-electron chi connectivity index (χ3n) is 3.72. The summed E-state index contributed by atoms with van der Waals surface area (Å²) in [7, 11) is 0. The van der Waals surface area contributed by atoms with Crippen LogP contribution in [0.4, 0.5) is 14.9 Å². The summed E-state index contributed by atoms with van der Waals surface area (Å²) in [5.74, 6) is -3.10. The van der Waals surface area contributed by atoms with Crippen LogP contribution in [0, 0.1) is 11.2 Å². The standard InChI is InChI=1S/C16H15FN2O4/c1-3-4-9-16(10(2)20)13(21)18-15(23)19(14(16)22)12-7-5-11(17)6-8-12/h3-8H,9H2,1-2H3,(H,18,21,23). The lowest BCUT2D eigenvalue weighted by molar-refractivity contribution is -0.149. The molecule has 1 aromatic rings. The van der Waals surface area contributed by atoms with E-state index in [1.54, 1.807) is 13.0 Å². The van der Waals surface area contributed by atoms with Gasteiger partial charge in [0, 0.05) is 0 Å². The minimum absolute atomic E-state index is 0.0764. The van der Waals surface area contributed by atoms with Gasteiger partial charge in [-0.05, 0) is 44.5 Å². The van der Waals surface area contributed by atoms with Crippen LogP contribution in [-0.4, -0.2) is 23.6 Å². The zero-order valence-electron chi connectivity index (χ0n) is 12.6. The van der Waals surface area contributed by atoms with E-state index < -0.39 is 34.9 Å². The molecule has 1 saturated heterocycles. The number of nitrogens with zero attached hydrogens (tertiary/aromatic N) is 1. The van der Waals surface area contributed by atoms with E-state index in [0.29, 0.717) is 4.90 Å². The summed E-state index contributed by atoms with van der Waals surface area (Å²) in [4.78, 5) is 49.8. The molecule has 0 bridgehead atoms. The van der Waals surface area contributed by atoms with Crippen molar-refractivity contribution in [2.45, 2.75) is 20.3 Å². The van der Waals surface area contributed by atoms with E-state index in [2.05, 4.69) is 0 Å². The molecular formula is C16H15FN2O4. The molecule has 0 aliphatic carbocycles. The first-order valence-electron chi connectivity index (χ1n) is 6.92. The van der Waals surface area contributed by atoms with Gasteiger partial charge in [0.1, 0.15) is 5.82 Å². The maximum absolute atomic E-state index is 13.0. The third kappa shape index (κ3) is 2.65. The van der Waals surface area contributed by atoms with Crippen LogP contribution in [0.1, 0.15) is 20.3 Å². The number of amides is 4. The Morgan fingerprint density at radius 1 is 1.26 bits per heavy atom. The van der Waals surface area contributed by atoms with E-state index in [9.17, 15) is 23.6 Å². The summed E-state index contributed by atoms with van der Waals surface area (Å²) in [5, 5.41) is 2.03. The smallest absolute Gasteiger partial charge is 0.298 e. The van der Waals surface area contributed by atoms with Gasteiger partial charge in [-0.2, -0.15) is 0 Å². The molecule has 6 nitrogen and oxygen atoms in total. The first kappa shape index (κ1) is 16.5. The van der Waals surface area contributed by atoms with Crippen LogP contribution < -0.4 is 10.2 Å². The van der Waals surface area contributed by atoms with Gasteiger partial charge in [-0.15, -0.1) is 0 Å². The Balaban J connectivity index is 2.55. The molecule has 4 amide bonds. The van der Waals surface area contributed by atoms with E-state index in [4.69, 9.17) is 0 Å². The van der Waals surface area contributed by atoms with Crippen LogP contribution in [0.3, 0.4) is 0 Å². The fraction of sp³-hybridized carbons (Fsp3) is 0.250. The van der Waals surface area contributed by atoms with E-state index in [1.165, 1.54) is 18.2 Å². The van der Waals surface area contributed by atoms with E-state index in [1.807, 2.05) is 5.32 Å². The van der Waals surface area contributed by atoms with Gasteiger partial charge >= 0.3 is 6.03 Å². The van der Waals surface area contributed by atoms with Gasteiger partial charge in [-0.3, -0.25) is 19.7 Å². The molecule has 7 heteroatoms. The number of ketones is 1. The van der Waals surface area contributed by atoms with Gasteiger partial charge in [0.15, 0.2) is 11.2 Å². The second-order valence-corrected chi connectivity index (χ2v) is 5.11. The molecule has 23 heavy (non-hydrogen) atoms. The molecule has 0 saturated carbocycles. The molecule has 120 valence electrons. The highest BCUT2D eigenvalue weighted by molar-refractivity contribution is 6.37. The quantitative estimate of drug-likeness (QED) is 0.679. The van der Waals surface area contributed by atoms with Crippen molar-refractivity contribution in [3.05, 3.63) is 42.2 Å². The fourth-order valence-corrected chi connectivity index (χ4v) is 2.39. The highest BCUT2D eigenvalue weighted by Crippen LogP contribution is 2.33. The number of imide groups is 2. The molecule has 1 N–H and O–H groups in total. The number of benzene rings is 1. The summed E-state index contributed by atoms with van der Waals surface area (Å²) in [6.45, 7) is 2.81. The Bertz CT molecular complexity index is 711. The Kier molecular flexibility index (Phi) is 4.40. The maximum Gasteiger partial charge on any atom is 0.335 e. The predicted molar refractivity (Wildman–Crippen MR) is 80.0 cm³/mol. The molecule has 0 aromatic heterocycles. The van der Waals surface area contributed by atoms with Crippen molar-refractivity contribution >= 4 is 29.3 Å². The van der Waals surface area contributed by atoms with Crippen LogP contribution >= 0.6 is 0 Å². The van der Waals surface area contributed by atoms with Gasteiger partial charge in [0.2, 0.25) is 0 Å². The van der Waals surface area contributed by atoms with Crippen molar-refractivity contribution in [2.24, 2.45) is 5.41 Å². The Labute approximate surface area is 132 Å². The third-order valence-corrected chi connectivity index (χ3v) is 3.72. The monoisotopic (exact) mass is 318 g/mol. The summed E-state index contributed by atoms with van der Waals surface area (Å²) in [5.41, 5.74) is -1.93. The Hall–Kier alpha value is -2.83. The number of halogens is 1. The summed E-state index contributed by atoms with van der Waals surface area (Å²) in [6.07, 6.45) is 2.95. The summed E-state index contributed by atoms with van der Waals surface area (Å²) < 4.78 is 13.0. The van der Waals surface area contributed by atoms with Gasteiger partial charge in [-0.1, -0.05) is 12.2 Å². The van der Waals surface area contributed by atoms with E-state index >= 15 is 0 Å². The first-order chi connectivity index (χ1) is 10.8. The van der Waals surface area contributed by atoms with Crippen molar-refractivity contribution in [3.63, 3.8) is 0 Å². The number of carbonyl (C=O) groups excluding carboxylic acids is 4. The minimum atomic E-state index is -2.01. The molecule has 1 aromatic carbocycles. The Morgan fingerprint density at radius 2 is 1.87 bits per heavy atom. The molecule has 0 spiro atoms. The van der Waals surface area contributed by atoms with Crippen LogP contribution in [-0.2, 0) is 14.4 Å². The number of nitrogens with one attached hydrogen (secondary N) is 1. The normalized spacial score (nSPS) is 21.7. The Morgan fingerprint density at radius 3 is 2.39 bits per heavy atom. The number of anilines is 1. The van der Waals surface area contributed by atoms with Gasteiger partial charge < -0.3 is 0 Å². The number of barbiturate groups is 1. The average molecular weight is 318 g/mol. The molecular weight excluding hydrogens is 303 g/mol. The van der Waals surface area contributed by atoms with Gasteiger partial charge in [0.25, 0.3) is 11.8 Å². The van der Waals surface area contributed by atoms with Crippen LogP contribution in [0.25, 0.3) is 0 Å². The lowest BCUT2D eigenvalue weighted by Gasteiger charge is -2.37. The number of Topliss-reactive ketones (excluding diaryl/α,β-unsaturated/α-hetero) is 1. The second-order valence-electron chi connectivity index (χ2n) is 5.11. The van der Waals surface area contributed by atoms with Crippen LogP contribution in [0.5, 0.6) is 0 Å².